The maximum atomic E-state index is 5.76. The van der Waals surface area contributed by atoms with E-state index in [1.54, 1.807) is 0 Å². The van der Waals surface area contributed by atoms with Crippen LogP contribution in [0.25, 0.3) is 0 Å². The van der Waals surface area contributed by atoms with Gasteiger partial charge in [0.1, 0.15) is 0 Å². The van der Waals surface area contributed by atoms with E-state index in [4.69, 9.17) is 2.70 Å². The van der Waals surface area contributed by atoms with Crippen molar-refractivity contribution >= 4 is 28.9 Å². The molecule has 8 heavy (non-hydrogen) atoms. The standard InChI is InChI=1S/C3H9OSi.2CH3.Sb/c1-5(2,3)4;;;/h1-3H3;2*1H3;/q-1;;;+1. The first-order chi connectivity index (χ1) is 3.42. The molecule has 0 radical (unpaired) electrons. The molecule has 0 saturated carbocycles. The molecule has 0 bridgehead atoms. The van der Waals surface area contributed by atoms with Crippen molar-refractivity contribution in [3.63, 3.8) is 0 Å². The molecule has 0 aromatic heterocycles. The Kier molecular flexibility index (Phi) is 3.64. The Labute approximate surface area is 61.1 Å². The minimum absolute atomic E-state index is 1.10. The van der Waals surface area contributed by atoms with Crippen LogP contribution in [-0.2, 0) is 2.70 Å². The third kappa shape index (κ3) is 7.00. The van der Waals surface area contributed by atoms with Crippen molar-refractivity contribution in [2.75, 3.05) is 0 Å². The predicted molar refractivity (Wildman–Crippen MR) is 41.9 cm³/mol. The molecule has 50 valence electrons. The van der Waals surface area contributed by atoms with E-state index in [1.807, 2.05) is 0 Å². The summed E-state index contributed by atoms with van der Waals surface area (Å²) in [6, 6.07) is 0. The summed E-state index contributed by atoms with van der Waals surface area (Å²) in [5, 5.41) is 0. The van der Waals surface area contributed by atoms with Crippen LogP contribution in [0.3, 0.4) is 0 Å². The van der Waals surface area contributed by atoms with Crippen LogP contribution in [0.4, 0.5) is 0 Å². The molecule has 0 aromatic rings. The van der Waals surface area contributed by atoms with Gasteiger partial charge in [-0.2, -0.15) is 0 Å². The van der Waals surface area contributed by atoms with Crippen molar-refractivity contribution in [1.82, 2.24) is 0 Å². The minimum atomic E-state index is -1.14. The Morgan fingerprint density at radius 1 is 1.12 bits per heavy atom. The molecule has 0 aliphatic heterocycles. The van der Waals surface area contributed by atoms with E-state index in [-0.39, 0.29) is 0 Å². The molecule has 3 heteroatoms. The molecule has 0 atom stereocenters. The van der Waals surface area contributed by atoms with Gasteiger partial charge in [-0.3, -0.25) is 0 Å². The number of hydrogen-bond donors (Lipinski definition) is 0. The van der Waals surface area contributed by atoms with E-state index in [0.29, 0.717) is 0 Å². The number of hydrogen-bond acceptors (Lipinski definition) is 1. The third-order valence-corrected chi connectivity index (χ3v) is 9.19. The molecule has 0 aliphatic rings. The van der Waals surface area contributed by atoms with Gasteiger partial charge in [-0.25, -0.2) is 0 Å². The molecule has 0 spiro atoms. The van der Waals surface area contributed by atoms with Crippen LogP contribution in [0.1, 0.15) is 0 Å². The molecule has 0 aromatic carbocycles. The summed E-state index contributed by atoms with van der Waals surface area (Å²) in [6.07, 6.45) is 0. The van der Waals surface area contributed by atoms with Gasteiger partial charge in [0.15, 0.2) is 0 Å². The third-order valence-electron chi connectivity index (χ3n) is 0.456. The fourth-order valence-electron chi connectivity index (χ4n) is 0.548. The van der Waals surface area contributed by atoms with Gasteiger partial charge in [-0.05, 0) is 0 Å². The van der Waals surface area contributed by atoms with E-state index >= 15 is 0 Å². The quantitative estimate of drug-likeness (QED) is 0.672. The second-order valence-electron chi connectivity index (χ2n) is 3.02. The Bertz CT molecular complexity index is 67.3. The first-order valence-electron chi connectivity index (χ1n) is 2.78. The van der Waals surface area contributed by atoms with Gasteiger partial charge in [0.25, 0.3) is 0 Å². The van der Waals surface area contributed by atoms with Gasteiger partial charge >= 0.3 is 61.0 Å². The van der Waals surface area contributed by atoms with Crippen LogP contribution >= 0.6 is 0 Å². The Balaban J connectivity index is 3.39. The van der Waals surface area contributed by atoms with E-state index < -0.39 is 28.9 Å². The molecule has 0 rings (SSSR count). The number of rotatable bonds is 2. The van der Waals surface area contributed by atoms with Crippen LogP contribution < -0.4 is 0 Å². The summed E-state index contributed by atoms with van der Waals surface area (Å²) in [5.74, 6) is 0. The molecular weight excluding hydrogens is 226 g/mol. The molecule has 0 N–H and O–H groups in total. The molecule has 0 saturated heterocycles. The molecule has 0 unspecified atom stereocenters. The second kappa shape index (κ2) is 3.24. The Morgan fingerprint density at radius 2 is 1.50 bits per heavy atom. The van der Waals surface area contributed by atoms with E-state index in [2.05, 4.69) is 29.4 Å². The maximum absolute atomic E-state index is 5.76. The SMILES string of the molecule is [CH3][Sb]([CH3])[O][Si](C)(C)C. The zero-order valence-electron chi connectivity index (χ0n) is 6.36. The average molecular weight is 241 g/mol. The van der Waals surface area contributed by atoms with Gasteiger partial charge in [-0.1, -0.05) is 0 Å². The van der Waals surface area contributed by atoms with Crippen molar-refractivity contribution in [2.45, 2.75) is 29.4 Å². The normalized spacial score (nSPS) is 12.8. The summed E-state index contributed by atoms with van der Waals surface area (Å²) >= 11 is -1.10. The summed E-state index contributed by atoms with van der Waals surface area (Å²) in [6.45, 7) is 6.74. The fourth-order valence-corrected chi connectivity index (χ4v) is 11.0. The zero-order valence-corrected chi connectivity index (χ0v) is 9.91. The van der Waals surface area contributed by atoms with Gasteiger partial charge in [0.2, 0.25) is 0 Å². The summed E-state index contributed by atoms with van der Waals surface area (Å²) in [7, 11) is -1.14. The van der Waals surface area contributed by atoms with Crippen LogP contribution in [-0.4, -0.2) is 28.9 Å². The van der Waals surface area contributed by atoms with Gasteiger partial charge < -0.3 is 0 Å². The van der Waals surface area contributed by atoms with E-state index in [0.717, 1.165) is 0 Å². The molecule has 0 amide bonds. The van der Waals surface area contributed by atoms with Crippen LogP contribution in [0, 0.1) is 0 Å². The van der Waals surface area contributed by atoms with Gasteiger partial charge in [0, 0.05) is 0 Å². The van der Waals surface area contributed by atoms with Crippen LogP contribution in [0.15, 0.2) is 0 Å². The second-order valence-corrected chi connectivity index (χ2v) is 13.6. The van der Waals surface area contributed by atoms with Crippen LogP contribution in [0.5, 0.6) is 0 Å². The van der Waals surface area contributed by atoms with Crippen molar-refractivity contribution in [2.24, 2.45) is 0 Å². The summed E-state index contributed by atoms with van der Waals surface area (Å²) in [5.41, 5.74) is 0. The van der Waals surface area contributed by atoms with Gasteiger partial charge in [0.05, 0.1) is 0 Å². The first-order valence-corrected chi connectivity index (χ1v) is 12.3. The summed E-state index contributed by atoms with van der Waals surface area (Å²) < 4.78 is 5.76. The average Bonchev–Trinajstić information content (AvgIpc) is 1.21. The summed E-state index contributed by atoms with van der Waals surface area (Å²) in [4.78, 5) is 4.53. The predicted octanol–water partition coefficient (Wildman–Crippen LogP) is 2.09. The van der Waals surface area contributed by atoms with Crippen molar-refractivity contribution in [3.05, 3.63) is 0 Å². The Hall–Kier alpha value is 0.995. The van der Waals surface area contributed by atoms with Gasteiger partial charge in [-0.15, -0.1) is 0 Å². The van der Waals surface area contributed by atoms with E-state index in [1.165, 1.54) is 0 Å². The molecule has 1 nitrogen and oxygen atoms in total. The zero-order chi connectivity index (χ0) is 6.78. The topological polar surface area (TPSA) is 9.23 Å². The van der Waals surface area contributed by atoms with Crippen LogP contribution in [0.2, 0.25) is 29.4 Å². The molecular formula is C5H15OSbSi. The van der Waals surface area contributed by atoms with E-state index in [9.17, 15) is 0 Å². The molecule has 0 fully saturated rings. The van der Waals surface area contributed by atoms with Crippen molar-refractivity contribution < 1.29 is 2.70 Å². The van der Waals surface area contributed by atoms with Crippen molar-refractivity contribution in [1.29, 1.82) is 0 Å². The molecule has 0 heterocycles. The fraction of sp³-hybridized carbons (Fsp3) is 1.00. The monoisotopic (exact) mass is 240 g/mol. The molecule has 0 aliphatic carbocycles. The van der Waals surface area contributed by atoms with Crippen molar-refractivity contribution in [3.8, 4) is 0 Å². The Morgan fingerprint density at radius 3 is 1.50 bits per heavy atom. The first kappa shape index (κ1) is 9.00.